The molecule has 0 bridgehead atoms. The third-order valence-electron chi connectivity index (χ3n) is 5.00. The van der Waals surface area contributed by atoms with Crippen molar-refractivity contribution in [2.24, 2.45) is 0 Å². The van der Waals surface area contributed by atoms with Crippen molar-refractivity contribution in [2.75, 3.05) is 6.61 Å². The van der Waals surface area contributed by atoms with E-state index in [0.717, 1.165) is 10.6 Å². The van der Waals surface area contributed by atoms with E-state index in [2.05, 4.69) is 10.6 Å². The van der Waals surface area contributed by atoms with Crippen molar-refractivity contribution in [1.29, 1.82) is 0 Å². The minimum Gasteiger partial charge on any atom is -0.484 e. The summed E-state index contributed by atoms with van der Waals surface area (Å²) in [6, 6.07) is 25.8. The highest BCUT2D eigenvalue weighted by atomic mass is 16.7. The molecule has 0 unspecified atom stereocenters. The molecule has 33 heavy (non-hydrogen) atoms. The highest BCUT2D eigenvalue weighted by Crippen LogP contribution is 2.18. The van der Waals surface area contributed by atoms with E-state index >= 15 is 0 Å². The average molecular weight is 445 g/mol. The van der Waals surface area contributed by atoms with Crippen molar-refractivity contribution in [3.63, 3.8) is 0 Å². The number of para-hydroxylation sites is 1. The molecule has 168 valence electrons. The van der Waals surface area contributed by atoms with Gasteiger partial charge in [-0.2, -0.15) is 5.06 Å². The van der Waals surface area contributed by atoms with Gasteiger partial charge in [0.05, 0.1) is 0 Å². The van der Waals surface area contributed by atoms with Gasteiger partial charge in [-0.05, 0) is 29.8 Å². The SMILES string of the molecule is O=C(COc1ccccc1)N[C@@H]1C(=O)N[C@H]1N(OCc1ccccc1)C(=O)c1ccccc1. The van der Waals surface area contributed by atoms with Gasteiger partial charge in [0, 0.05) is 5.56 Å². The third kappa shape index (κ3) is 5.55. The van der Waals surface area contributed by atoms with Crippen LogP contribution in [0, 0.1) is 0 Å². The Balaban J connectivity index is 1.44. The average Bonchev–Trinajstić information content (AvgIpc) is 2.87. The fourth-order valence-electron chi connectivity index (χ4n) is 3.28. The fraction of sp³-hybridized carbons (Fsp3) is 0.160. The Morgan fingerprint density at radius 3 is 2.12 bits per heavy atom. The topological polar surface area (TPSA) is 97.0 Å². The summed E-state index contributed by atoms with van der Waals surface area (Å²) in [4.78, 5) is 43.6. The molecule has 0 aromatic heterocycles. The number of rotatable bonds is 9. The van der Waals surface area contributed by atoms with Crippen molar-refractivity contribution in [2.45, 2.75) is 18.8 Å². The van der Waals surface area contributed by atoms with Crippen LogP contribution in [-0.4, -0.2) is 41.6 Å². The van der Waals surface area contributed by atoms with Crippen molar-refractivity contribution in [3.8, 4) is 5.75 Å². The zero-order valence-corrected chi connectivity index (χ0v) is 17.7. The summed E-state index contributed by atoms with van der Waals surface area (Å²) in [5.41, 5.74) is 1.25. The molecule has 0 radical (unpaired) electrons. The number of β-lactam (4-membered cyclic amide) rings is 1. The number of hydrogen-bond acceptors (Lipinski definition) is 5. The molecule has 1 fully saturated rings. The lowest BCUT2D eigenvalue weighted by atomic mass is 10.1. The lowest BCUT2D eigenvalue weighted by Crippen LogP contribution is -2.75. The first kappa shape index (κ1) is 22.0. The van der Waals surface area contributed by atoms with E-state index in [4.69, 9.17) is 9.57 Å². The molecule has 1 saturated heterocycles. The number of hydrogen-bond donors (Lipinski definition) is 2. The van der Waals surface area contributed by atoms with E-state index in [1.807, 2.05) is 36.4 Å². The van der Waals surface area contributed by atoms with Crippen LogP contribution in [0.4, 0.5) is 0 Å². The molecule has 3 aromatic carbocycles. The maximum Gasteiger partial charge on any atom is 0.279 e. The predicted molar refractivity (Wildman–Crippen MR) is 120 cm³/mol. The summed E-state index contributed by atoms with van der Waals surface area (Å²) in [7, 11) is 0. The Hall–Kier alpha value is -4.17. The van der Waals surface area contributed by atoms with Crippen LogP contribution >= 0.6 is 0 Å². The van der Waals surface area contributed by atoms with Crippen LogP contribution in [0.5, 0.6) is 5.75 Å². The minimum atomic E-state index is -0.972. The molecular formula is C25H23N3O5. The largest absolute Gasteiger partial charge is 0.484 e. The summed E-state index contributed by atoms with van der Waals surface area (Å²) in [6.45, 7) is -0.151. The van der Waals surface area contributed by atoms with Gasteiger partial charge in [0.15, 0.2) is 12.8 Å². The summed E-state index contributed by atoms with van der Waals surface area (Å²) in [5.74, 6) is -0.799. The number of nitrogens with one attached hydrogen (secondary N) is 2. The summed E-state index contributed by atoms with van der Waals surface area (Å²) in [5, 5.41) is 6.37. The van der Waals surface area contributed by atoms with Crippen molar-refractivity contribution in [3.05, 3.63) is 102 Å². The first-order valence-electron chi connectivity index (χ1n) is 10.4. The van der Waals surface area contributed by atoms with Crippen LogP contribution in [0.25, 0.3) is 0 Å². The molecule has 4 rings (SSSR count). The van der Waals surface area contributed by atoms with Gasteiger partial charge in [-0.25, -0.2) is 0 Å². The second-order valence-electron chi connectivity index (χ2n) is 7.36. The Bertz CT molecular complexity index is 1090. The standard InChI is InChI=1S/C25H23N3O5/c29-21(17-32-20-14-8-3-9-15-20)26-22-23(27-24(22)30)28(25(31)19-12-6-2-7-13-19)33-16-18-10-4-1-5-11-18/h1-15,22-23H,16-17H2,(H,26,29)(H,27,30)/t22-,23-/m0/s1. The molecule has 8 heteroatoms. The lowest BCUT2D eigenvalue weighted by molar-refractivity contribution is -0.192. The summed E-state index contributed by atoms with van der Waals surface area (Å²) < 4.78 is 5.43. The summed E-state index contributed by atoms with van der Waals surface area (Å²) in [6.07, 6.45) is -0.866. The third-order valence-corrected chi connectivity index (χ3v) is 5.00. The van der Waals surface area contributed by atoms with Gasteiger partial charge in [0.1, 0.15) is 18.4 Å². The number of carbonyl (C=O) groups excluding carboxylic acids is 3. The maximum atomic E-state index is 13.2. The van der Waals surface area contributed by atoms with Gasteiger partial charge in [-0.1, -0.05) is 66.7 Å². The van der Waals surface area contributed by atoms with Gasteiger partial charge < -0.3 is 15.4 Å². The van der Waals surface area contributed by atoms with E-state index < -0.39 is 29.9 Å². The van der Waals surface area contributed by atoms with Crippen LogP contribution in [0.3, 0.4) is 0 Å². The highest BCUT2D eigenvalue weighted by Gasteiger charge is 2.47. The van der Waals surface area contributed by atoms with Crippen LogP contribution in [0.15, 0.2) is 91.0 Å². The number of benzene rings is 3. The van der Waals surface area contributed by atoms with Crippen LogP contribution < -0.4 is 15.4 Å². The molecule has 0 spiro atoms. The molecule has 8 nitrogen and oxygen atoms in total. The van der Waals surface area contributed by atoms with Crippen molar-refractivity contribution >= 4 is 17.7 Å². The Labute approximate surface area is 191 Å². The Morgan fingerprint density at radius 1 is 0.879 bits per heavy atom. The van der Waals surface area contributed by atoms with E-state index in [1.165, 1.54) is 0 Å². The summed E-state index contributed by atoms with van der Waals surface area (Å²) >= 11 is 0. The normalized spacial score (nSPS) is 16.8. The van der Waals surface area contributed by atoms with E-state index in [0.29, 0.717) is 11.3 Å². The monoisotopic (exact) mass is 445 g/mol. The molecule has 0 saturated carbocycles. The lowest BCUT2D eigenvalue weighted by Gasteiger charge is -2.42. The quantitative estimate of drug-likeness (QED) is 0.389. The maximum absolute atomic E-state index is 13.2. The first-order valence-corrected chi connectivity index (χ1v) is 10.4. The number of ether oxygens (including phenoxy) is 1. The number of nitrogens with zero attached hydrogens (tertiary/aromatic N) is 1. The number of hydroxylamine groups is 2. The van der Waals surface area contributed by atoms with Crippen molar-refractivity contribution in [1.82, 2.24) is 15.7 Å². The molecule has 0 aliphatic carbocycles. The fourth-order valence-corrected chi connectivity index (χ4v) is 3.28. The van der Waals surface area contributed by atoms with Gasteiger partial charge >= 0.3 is 0 Å². The highest BCUT2D eigenvalue weighted by molar-refractivity contribution is 5.98. The Kier molecular flexibility index (Phi) is 6.96. The Morgan fingerprint density at radius 2 is 1.48 bits per heavy atom. The minimum absolute atomic E-state index is 0.115. The number of carbonyl (C=O) groups is 3. The molecule has 1 aliphatic heterocycles. The molecule has 2 atom stereocenters. The molecular weight excluding hydrogens is 422 g/mol. The smallest absolute Gasteiger partial charge is 0.279 e. The van der Waals surface area contributed by atoms with Gasteiger partial charge in [0.2, 0.25) is 5.91 Å². The van der Waals surface area contributed by atoms with Crippen LogP contribution in [0.2, 0.25) is 0 Å². The number of amides is 3. The van der Waals surface area contributed by atoms with Crippen LogP contribution in [-0.2, 0) is 21.0 Å². The van der Waals surface area contributed by atoms with Crippen molar-refractivity contribution < 1.29 is 24.0 Å². The zero-order chi connectivity index (χ0) is 23.0. The first-order chi connectivity index (χ1) is 16.1. The molecule has 1 heterocycles. The van der Waals surface area contributed by atoms with E-state index in [9.17, 15) is 14.4 Å². The molecule has 1 aliphatic rings. The molecule has 2 N–H and O–H groups in total. The van der Waals surface area contributed by atoms with Crippen LogP contribution in [0.1, 0.15) is 15.9 Å². The molecule has 3 amide bonds. The second kappa shape index (κ2) is 10.4. The van der Waals surface area contributed by atoms with Gasteiger partial charge in [0.25, 0.3) is 11.8 Å². The van der Waals surface area contributed by atoms with Gasteiger partial charge in [-0.3, -0.25) is 19.2 Å². The van der Waals surface area contributed by atoms with E-state index in [-0.39, 0.29) is 13.2 Å². The molecule has 3 aromatic rings. The van der Waals surface area contributed by atoms with E-state index in [1.54, 1.807) is 54.6 Å². The zero-order valence-electron chi connectivity index (χ0n) is 17.7. The predicted octanol–water partition coefficient (Wildman–Crippen LogP) is 2.28. The second-order valence-corrected chi connectivity index (χ2v) is 7.36. The van der Waals surface area contributed by atoms with Gasteiger partial charge in [-0.15, -0.1) is 0 Å².